The van der Waals surface area contributed by atoms with Gasteiger partial charge in [-0.3, -0.25) is 28.8 Å². The number of carbonyl (C=O) groups excluding carboxylic acids is 7. The predicted octanol–water partition coefficient (Wildman–Crippen LogP) is -4.72. The van der Waals surface area contributed by atoms with E-state index in [4.69, 9.17) is 9.94 Å². The van der Waals surface area contributed by atoms with E-state index >= 15 is 0 Å². The third-order valence-corrected chi connectivity index (χ3v) is 8.47. The number of hydroxylamine groups is 1. The Labute approximate surface area is 299 Å². The van der Waals surface area contributed by atoms with Gasteiger partial charge in [0, 0.05) is 32.5 Å². The number of aliphatic hydroxyl groups excluding tert-OH is 4. The number of carboxylic acid groups (broad SMARTS) is 1. The average Bonchev–Trinajstić information content (AvgIpc) is 3.08. The van der Waals surface area contributed by atoms with Crippen molar-refractivity contribution in [1.29, 1.82) is 0 Å². The Balaban J connectivity index is 3.65. The number of hydrogen-bond donors (Lipinski definition) is 11. The van der Waals surface area contributed by atoms with Crippen molar-refractivity contribution in [3.63, 3.8) is 0 Å². The lowest BCUT2D eigenvalue weighted by molar-refractivity contribution is -0.164. The standard InChI is InChI=1S/C31H52N6O15/c1-15-11-23(42)33-19(8-6-10-37(4)14-39)25(43)16(2)22(41)12-18(17(3)40)27(45)34-20(7-5-9-32-51)28(46)35-21(13-38)29(47)36-24(31(50)52-15)26(44)30(48)49/h14-21,24-26,32,38,40,43-44,51H,5-13H2,1-4H3,(H,33,42)(H,34,45)(H,35,46)(H,36,47)(H,48,49). The first-order valence-corrected chi connectivity index (χ1v) is 16.7. The first kappa shape index (κ1) is 45.7. The van der Waals surface area contributed by atoms with Crippen LogP contribution in [0.15, 0.2) is 0 Å². The van der Waals surface area contributed by atoms with Gasteiger partial charge >= 0.3 is 11.9 Å². The Kier molecular flexibility index (Phi) is 19.9. The summed E-state index contributed by atoms with van der Waals surface area (Å²) in [5.74, 6) is -11.1. The highest BCUT2D eigenvalue weighted by molar-refractivity contribution is 5.96. The normalized spacial score (nSPS) is 28.9. The smallest absolute Gasteiger partial charge is 0.335 e. The van der Waals surface area contributed by atoms with E-state index in [1.807, 2.05) is 10.8 Å². The second kappa shape index (κ2) is 22.6. The highest BCUT2D eigenvalue weighted by atomic mass is 16.5. The van der Waals surface area contributed by atoms with Crippen LogP contribution in [0.25, 0.3) is 0 Å². The third-order valence-electron chi connectivity index (χ3n) is 8.47. The van der Waals surface area contributed by atoms with E-state index in [9.17, 15) is 63.9 Å². The summed E-state index contributed by atoms with van der Waals surface area (Å²) in [6.07, 6.45) is -7.40. The maximum Gasteiger partial charge on any atom is 0.335 e. The number of rotatable bonds is 13. The fraction of sp³-hybridized carbons (Fsp3) is 0.742. The van der Waals surface area contributed by atoms with Crippen LogP contribution in [0.2, 0.25) is 0 Å². The van der Waals surface area contributed by atoms with Crippen LogP contribution >= 0.6 is 0 Å². The molecule has 11 N–H and O–H groups in total. The number of carbonyl (C=O) groups is 8. The maximum absolute atomic E-state index is 13.4. The average molecular weight is 749 g/mol. The summed E-state index contributed by atoms with van der Waals surface area (Å²) in [5, 5.41) is 69.2. The molecule has 10 unspecified atom stereocenters. The number of amides is 5. The fourth-order valence-electron chi connectivity index (χ4n) is 5.27. The molecule has 0 spiro atoms. The van der Waals surface area contributed by atoms with Gasteiger partial charge < -0.3 is 61.6 Å². The van der Waals surface area contributed by atoms with Crippen LogP contribution < -0.4 is 26.7 Å². The molecule has 0 aromatic heterocycles. The molecule has 0 aliphatic carbocycles. The number of cyclic esters (lactones) is 1. The highest BCUT2D eigenvalue weighted by Crippen LogP contribution is 2.20. The number of Topliss-reactive ketones (excluding diaryl/α,β-unsaturated/α-hetero) is 1. The van der Waals surface area contributed by atoms with E-state index in [0.717, 1.165) is 0 Å². The van der Waals surface area contributed by atoms with Crippen LogP contribution in [-0.2, 0) is 43.1 Å². The fourth-order valence-corrected chi connectivity index (χ4v) is 5.27. The van der Waals surface area contributed by atoms with Gasteiger partial charge in [0.1, 0.15) is 24.0 Å². The molecule has 1 rings (SSSR count). The number of nitrogens with one attached hydrogen (secondary N) is 5. The molecule has 0 bridgehead atoms. The monoisotopic (exact) mass is 748 g/mol. The number of esters is 1. The number of aliphatic carboxylic acids is 1. The summed E-state index contributed by atoms with van der Waals surface area (Å²) in [6.45, 7) is 2.83. The van der Waals surface area contributed by atoms with Gasteiger partial charge in [0.2, 0.25) is 30.0 Å². The number of aliphatic hydroxyl groups is 4. The van der Waals surface area contributed by atoms with Crippen molar-refractivity contribution in [2.75, 3.05) is 26.7 Å². The van der Waals surface area contributed by atoms with Gasteiger partial charge in [-0.05, 0) is 39.5 Å². The zero-order valence-electron chi connectivity index (χ0n) is 29.5. The first-order chi connectivity index (χ1) is 24.4. The summed E-state index contributed by atoms with van der Waals surface area (Å²) < 4.78 is 5.14. The number of carboxylic acids is 1. The summed E-state index contributed by atoms with van der Waals surface area (Å²) >= 11 is 0. The van der Waals surface area contributed by atoms with E-state index in [1.165, 1.54) is 32.7 Å². The van der Waals surface area contributed by atoms with Crippen molar-refractivity contribution in [2.24, 2.45) is 11.8 Å². The highest BCUT2D eigenvalue weighted by Gasteiger charge is 2.39. The van der Waals surface area contributed by atoms with E-state index in [2.05, 4.69) is 16.0 Å². The molecule has 1 aliphatic rings. The molecule has 1 fully saturated rings. The van der Waals surface area contributed by atoms with Gasteiger partial charge in [0.15, 0.2) is 12.1 Å². The largest absolute Gasteiger partial charge is 0.479 e. The predicted molar refractivity (Wildman–Crippen MR) is 176 cm³/mol. The molecule has 1 heterocycles. The second-order valence-electron chi connectivity index (χ2n) is 12.8. The van der Waals surface area contributed by atoms with Crippen molar-refractivity contribution in [2.45, 2.75) is 108 Å². The number of nitrogens with zero attached hydrogens (tertiary/aromatic N) is 1. The van der Waals surface area contributed by atoms with E-state index < -0.39 is 121 Å². The summed E-state index contributed by atoms with van der Waals surface area (Å²) in [7, 11) is 1.50. The van der Waals surface area contributed by atoms with Gasteiger partial charge in [-0.25, -0.2) is 15.1 Å². The molecule has 1 saturated heterocycles. The lowest BCUT2D eigenvalue weighted by Crippen LogP contribution is -2.60. The second-order valence-corrected chi connectivity index (χ2v) is 12.8. The molecule has 1 aliphatic heterocycles. The molecule has 21 nitrogen and oxygen atoms in total. The van der Waals surface area contributed by atoms with Crippen LogP contribution in [-0.4, -0.2) is 159 Å². The lowest BCUT2D eigenvalue weighted by atomic mass is 9.85. The molecular formula is C31H52N6O15. The number of hydrogen-bond acceptors (Lipinski definition) is 15. The lowest BCUT2D eigenvalue weighted by Gasteiger charge is -2.30. The number of ether oxygens (including phenoxy) is 1. The molecule has 52 heavy (non-hydrogen) atoms. The van der Waals surface area contributed by atoms with Gasteiger partial charge in [-0.2, -0.15) is 0 Å². The molecule has 296 valence electrons. The van der Waals surface area contributed by atoms with Gasteiger partial charge in [0.05, 0.1) is 37.2 Å². The SMILES string of the molecule is CC1CC(=O)NC(CCCN(C)C=O)C(O)C(C)C(=O)CC(C(C)O)C(=O)NC(CCCNO)C(=O)NC(CO)C(=O)NC(C(O)C(=O)O)C(=O)O1. The third kappa shape index (κ3) is 14.8. The minimum Gasteiger partial charge on any atom is -0.479 e. The molecule has 5 amide bonds. The van der Waals surface area contributed by atoms with E-state index in [0.29, 0.717) is 6.41 Å². The maximum atomic E-state index is 13.4. The molecule has 0 aromatic rings. The van der Waals surface area contributed by atoms with Crippen LogP contribution in [0.3, 0.4) is 0 Å². The first-order valence-electron chi connectivity index (χ1n) is 16.7. The molecule has 10 atom stereocenters. The van der Waals surface area contributed by atoms with Crippen molar-refractivity contribution in [3.8, 4) is 0 Å². The summed E-state index contributed by atoms with van der Waals surface area (Å²) in [4.78, 5) is 103. The van der Waals surface area contributed by atoms with E-state index in [-0.39, 0.29) is 38.8 Å². The van der Waals surface area contributed by atoms with Gasteiger partial charge in [-0.1, -0.05) is 6.92 Å². The Bertz CT molecular complexity index is 1250. The Morgan fingerprint density at radius 3 is 2.13 bits per heavy atom. The quantitative estimate of drug-likeness (QED) is 0.0365. The van der Waals surface area contributed by atoms with Crippen molar-refractivity contribution >= 4 is 47.8 Å². The van der Waals surface area contributed by atoms with Crippen molar-refractivity contribution in [3.05, 3.63) is 0 Å². The Morgan fingerprint density at radius 2 is 1.58 bits per heavy atom. The molecular weight excluding hydrogens is 696 g/mol. The van der Waals surface area contributed by atoms with Gasteiger partial charge in [0.25, 0.3) is 0 Å². The summed E-state index contributed by atoms with van der Waals surface area (Å²) in [6, 6.07) is -6.79. The molecule has 0 saturated carbocycles. The van der Waals surface area contributed by atoms with Crippen molar-refractivity contribution in [1.82, 2.24) is 31.6 Å². The zero-order valence-corrected chi connectivity index (χ0v) is 29.5. The Morgan fingerprint density at radius 1 is 0.962 bits per heavy atom. The summed E-state index contributed by atoms with van der Waals surface area (Å²) in [5.41, 5.74) is 1.87. The van der Waals surface area contributed by atoms with Crippen molar-refractivity contribution < 1.29 is 73.8 Å². The molecule has 0 radical (unpaired) electrons. The molecule has 21 heteroatoms. The van der Waals surface area contributed by atoms with Crippen LogP contribution in [0, 0.1) is 11.8 Å². The molecule has 0 aromatic carbocycles. The number of ketones is 1. The zero-order chi connectivity index (χ0) is 39.7. The van der Waals surface area contributed by atoms with E-state index in [1.54, 1.807) is 0 Å². The topological polar surface area (TPSA) is 331 Å². The van der Waals surface area contributed by atoms with Crippen LogP contribution in [0.1, 0.15) is 59.3 Å². The Hall–Kier alpha value is -4.28. The van der Waals surface area contributed by atoms with Crippen LogP contribution in [0.4, 0.5) is 0 Å². The van der Waals surface area contributed by atoms with Gasteiger partial charge in [-0.15, -0.1) is 0 Å². The van der Waals surface area contributed by atoms with Crippen LogP contribution in [0.5, 0.6) is 0 Å². The minimum absolute atomic E-state index is 0.0433. The minimum atomic E-state index is -2.59.